The van der Waals surface area contributed by atoms with Gasteiger partial charge in [0.25, 0.3) is 0 Å². The Morgan fingerprint density at radius 3 is 2.80 bits per heavy atom. The summed E-state index contributed by atoms with van der Waals surface area (Å²) < 4.78 is 48.7. The highest BCUT2D eigenvalue weighted by molar-refractivity contribution is 5.27. The summed E-state index contributed by atoms with van der Waals surface area (Å²) in [5.41, 5.74) is -0.0162. The first-order chi connectivity index (χ1) is 9.47. The van der Waals surface area contributed by atoms with Crippen LogP contribution in [-0.4, -0.2) is 32.5 Å². The maximum absolute atomic E-state index is 12.7. The van der Waals surface area contributed by atoms with E-state index >= 15 is 0 Å². The van der Waals surface area contributed by atoms with E-state index in [2.05, 4.69) is 5.32 Å². The van der Waals surface area contributed by atoms with E-state index in [0.717, 1.165) is 6.07 Å². The summed E-state index contributed by atoms with van der Waals surface area (Å²) in [6.45, 7) is 4.06. The molecule has 1 fully saturated rings. The van der Waals surface area contributed by atoms with Crippen molar-refractivity contribution in [2.24, 2.45) is 0 Å². The lowest BCUT2D eigenvalue weighted by atomic mass is 10.0. The van der Waals surface area contributed by atoms with Crippen LogP contribution in [0.5, 0.6) is 0 Å². The first-order valence-corrected chi connectivity index (χ1v) is 6.56. The average Bonchev–Trinajstić information content (AvgIpc) is 2.45. The van der Waals surface area contributed by atoms with Gasteiger partial charge in [-0.2, -0.15) is 13.2 Å². The van der Waals surface area contributed by atoms with Gasteiger partial charge < -0.3 is 14.8 Å². The molecule has 0 spiro atoms. The van der Waals surface area contributed by atoms with E-state index in [9.17, 15) is 13.2 Å². The zero-order valence-corrected chi connectivity index (χ0v) is 11.2. The van der Waals surface area contributed by atoms with Gasteiger partial charge in [0.05, 0.1) is 31.5 Å². The van der Waals surface area contributed by atoms with Gasteiger partial charge in [-0.1, -0.05) is 12.1 Å². The standard InChI is InChI=1S/C14H18F3NO2/c1-10(18-8-13-9-19-5-6-20-13)11-3-2-4-12(7-11)14(15,16)17/h2-4,7,10,13,18H,5-6,8-9H2,1H3. The number of rotatable bonds is 4. The van der Waals surface area contributed by atoms with Gasteiger partial charge in [-0.25, -0.2) is 0 Å². The molecule has 1 heterocycles. The molecule has 112 valence electrons. The predicted molar refractivity (Wildman–Crippen MR) is 68.4 cm³/mol. The van der Waals surface area contributed by atoms with Crippen molar-refractivity contribution in [3.63, 3.8) is 0 Å². The topological polar surface area (TPSA) is 30.5 Å². The number of benzene rings is 1. The fourth-order valence-corrected chi connectivity index (χ4v) is 2.06. The van der Waals surface area contributed by atoms with E-state index in [0.29, 0.717) is 31.9 Å². The Morgan fingerprint density at radius 1 is 1.35 bits per heavy atom. The number of halogens is 3. The largest absolute Gasteiger partial charge is 0.416 e. The highest BCUT2D eigenvalue weighted by atomic mass is 19.4. The fraction of sp³-hybridized carbons (Fsp3) is 0.571. The number of nitrogens with one attached hydrogen (secondary N) is 1. The Balaban J connectivity index is 1.93. The van der Waals surface area contributed by atoms with Gasteiger partial charge in [0.1, 0.15) is 0 Å². The smallest absolute Gasteiger partial charge is 0.376 e. The lowest BCUT2D eigenvalue weighted by molar-refractivity contribution is -0.137. The summed E-state index contributed by atoms with van der Waals surface area (Å²) in [4.78, 5) is 0. The molecule has 0 radical (unpaired) electrons. The van der Waals surface area contributed by atoms with Crippen molar-refractivity contribution in [3.8, 4) is 0 Å². The van der Waals surface area contributed by atoms with Crippen molar-refractivity contribution >= 4 is 0 Å². The summed E-state index contributed by atoms with van der Waals surface area (Å²) in [6, 6.07) is 5.19. The third kappa shape index (κ3) is 4.19. The van der Waals surface area contributed by atoms with Crippen molar-refractivity contribution in [3.05, 3.63) is 35.4 Å². The molecule has 1 aliphatic heterocycles. The van der Waals surface area contributed by atoms with Gasteiger partial charge in [-0.15, -0.1) is 0 Å². The number of hydrogen-bond donors (Lipinski definition) is 1. The molecule has 1 aromatic rings. The molecule has 0 aromatic heterocycles. The van der Waals surface area contributed by atoms with Crippen LogP contribution in [-0.2, 0) is 15.7 Å². The summed E-state index contributed by atoms with van der Waals surface area (Å²) in [6.07, 6.45) is -4.35. The second-order valence-corrected chi connectivity index (χ2v) is 4.82. The summed E-state index contributed by atoms with van der Waals surface area (Å²) in [7, 11) is 0. The zero-order chi connectivity index (χ0) is 14.6. The lowest BCUT2D eigenvalue weighted by Gasteiger charge is -2.25. The molecule has 2 unspecified atom stereocenters. The molecule has 2 rings (SSSR count). The summed E-state index contributed by atoms with van der Waals surface area (Å²) >= 11 is 0. The van der Waals surface area contributed by atoms with Crippen LogP contribution in [0.3, 0.4) is 0 Å². The van der Waals surface area contributed by atoms with Crippen LogP contribution in [0.2, 0.25) is 0 Å². The Bertz CT molecular complexity index is 431. The van der Waals surface area contributed by atoms with Gasteiger partial charge in [0.2, 0.25) is 0 Å². The van der Waals surface area contributed by atoms with E-state index in [-0.39, 0.29) is 12.1 Å². The summed E-state index contributed by atoms with van der Waals surface area (Å²) in [5.74, 6) is 0. The van der Waals surface area contributed by atoms with Crippen molar-refractivity contribution in [2.75, 3.05) is 26.4 Å². The molecule has 1 saturated heterocycles. The van der Waals surface area contributed by atoms with Crippen LogP contribution in [0.15, 0.2) is 24.3 Å². The Morgan fingerprint density at radius 2 is 2.15 bits per heavy atom. The van der Waals surface area contributed by atoms with Crippen molar-refractivity contribution < 1.29 is 22.6 Å². The zero-order valence-electron chi connectivity index (χ0n) is 11.2. The van der Waals surface area contributed by atoms with Crippen LogP contribution >= 0.6 is 0 Å². The van der Waals surface area contributed by atoms with E-state index in [1.165, 1.54) is 12.1 Å². The molecule has 1 aliphatic rings. The van der Waals surface area contributed by atoms with Crippen LogP contribution in [0.4, 0.5) is 13.2 Å². The van der Waals surface area contributed by atoms with Crippen molar-refractivity contribution in [2.45, 2.75) is 25.2 Å². The molecule has 2 atom stereocenters. The third-order valence-corrected chi connectivity index (χ3v) is 3.25. The van der Waals surface area contributed by atoms with Crippen molar-refractivity contribution in [1.82, 2.24) is 5.32 Å². The molecule has 1 aromatic carbocycles. The van der Waals surface area contributed by atoms with Crippen LogP contribution in [0, 0.1) is 0 Å². The SMILES string of the molecule is CC(NCC1COCCO1)c1cccc(C(F)(F)F)c1. The molecule has 1 N–H and O–H groups in total. The molecular weight excluding hydrogens is 271 g/mol. The van der Waals surface area contributed by atoms with E-state index in [4.69, 9.17) is 9.47 Å². The van der Waals surface area contributed by atoms with Gasteiger partial charge in [0, 0.05) is 12.6 Å². The van der Waals surface area contributed by atoms with Gasteiger partial charge in [0.15, 0.2) is 0 Å². The van der Waals surface area contributed by atoms with Gasteiger partial charge in [-0.05, 0) is 24.6 Å². The highest BCUT2D eigenvalue weighted by Crippen LogP contribution is 2.30. The Kier molecular flexibility index (Phi) is 5.01. The molecule has 0 bridgehead atoms. The second kappa shape index (κ2) is 6.56. The van der Waals surface area contributed by atoms with E-state index in [1.54, 1.807) is 6.07 Å². The lowest BCUT2D eigenvalue weighted by Crippen LogP contribution is -2.38. The van der Waals surface area contributed by atoms with Crippen LogP contribution < -0.4 is 5.32 Å². The Labute approximate surface area is 116 Å². The molecule has 3 nitrogen and oxygen atoms in total. The minimum atomic E-state index is -4.31. The van der Waals surface area contributed by atoms with E-state index in [1.807, 2.05) is 6.92 Å². The van der Waals surface area contributed by atoms with E-state index < -0.39 is 11.7 Å². The monoisotopic (exact) mass is 289 g/mol. The van der Waals surface area contributed by atoms with Gasteiger partial charge >= 0.3 is 6.18 Å². The Hall–Kier alpha value is -1.11. The first-order valence-electron chi connectivity index (χ1n) is 6.56. The number of hydrogen-bond acceptors (Lipinski definition) is 3. The molecule has 0 amide bonds. The van der Waals surface area contributed by atoms with Gasteiger partial charge in [-0.3, -0.25) is 0 Å². The molecule has 20 heavy (non-hydrogen) atoms. The minimum Gasteiger partial charge on any atom is -0.376 e. The first kappa shape index (κ1) is 15.3. The van der Waals surface area contributed by atoms with Crippen molar-refractivity contribution in [1.29, 1.82) is 0 Å². The summed E-state index contributed by atoms with van der Waals surface area (Å²) in [5, 5.41) is 3.17. The number of ether oxygens (including phenoxy) is 2. The minimum absolute atomic E-state index is 0.0444. The maximum atomic E-state index is 12.7. The predicted octanol–water partition coefficient (Wildman–Crippen LogP) is 2.77. The normalized spacial score (nSPS) is 21.7. The van der Waals surface area contributed by atoms with Crippen LogP contribution in [0.1, 0.15) is 24.1 Å². The number of alkyl halides is 3. The third-order valence-electron chi connectivity index (χ3n) is 3.25. The average molecular weight is 289 g/mol. The molecule has 0 saturated carbocycles. The molecule has 0 aliphatic carbocycles. The highest BCUT2D eigenvalue weighted by Gasteiger charge is 2.30. The maximum Gasteiger partial charge on any atom is 0.416 e. The fourth-order valence-electron chi connectivity index (χ4n) is 2.06. The molecule has 6 heteroatoms. The second-order valence-electron chi connectivity index (χ2n) is 4.82. The quantitative estimate of drug-likeness (QED) is 0.924. The molecular formula is C14H18F3NO2. The van der Waals surface area contributed by atoms with Crippen LogP contribution in [0.25, 0.3) is 0 Å².